The van der Waals surface area contributed by atoms with E-state index in [4.69, 9.17) is 14.2 Å². The van der Waals surface area contributed by atoms with Gasteiger partial charge in [0, 0.05) is 5.92 Å². The molecule has 0 unspecified atom stereocenters. The lowest BCUT2D eigenvalue weighted by atomic mass is 9.98. The van der Waals surface area contributed by atoms with Gasteiger partial charge in [0.15, 0.2) is 0 Å². The third-order valence-electron chi connectivity index (χ3n) is 7.16. The number of nitrogens with zero attached hydrogens (tertiary/aromatic N) is 1. The van der Waals surface area contributed by atoms with Crippen molar-refractivity contribution in [2.45, 2.75) is 51.2 Å². The fraction of sp³-hybridized carbons (Fsp3) is 0.344. The fourth-order valence-electron chi connectivity index (χ4n) is 5.28. The minimum atomic E-state index is -1.15. The molecule has 0 aromatic heterocycles. The second-order valence-corrected chi connectivity index (χ2v) is 11.2. The van der Waals surface area contributed by atoms with Crippen molar-refractivity contribution >= 4 is 23.8 Å². The predicted molar refractivity (Wildman–Crippen MR) is 153 cm³/mol. The SMILES string of the molecule is CC(C)(C)OC(=O)N1CCOc2cc(CC[C@H](NC(=O)OCC3c4ccccc4-c4ccccc43)C(=O)O)ccc21. The van der Waals surface area contributed by atoms with Gasteiger partial charge in [0.05, 0.1) is 12.2 Å². The van der Waals surface area contributed by atoms with Crippen molar-refractivity contribution in [3.63, 3.8) is 0 Å². The molecule has 0 saturated carbocycles. The maximum Gasteiger partial charge on any atom is 0.415 e. The summed E-state index contributed by atoms with van der Waals surface area (Å²) in [5.41, 5.74) is 5.18. The maximum atomic E-state index is 12.7. The number of alkyl carbamates (subject to hydrolysis) is 1. The lowest BCUT2D eigenvalue weighted by molar-refractivity contribution is -0.139. The molecule has 0 fully saturated rings. The van der Waals surface area contributed by atoms with Crippen LogP contribution in [0.3, 0.4) is 0 Å². The van der Waals surface area contributed by atoms with Gasteiger partial charge >= 0.3 is 18.2 Å². The zero-order valence-electron chi connectivity index (χ0n) is 23.4. The molecular weight excluding hydrogens is 524 g/mol. The van der Waals surface area contributed by atoms with Gasteiger partial charge in [-0.15, -0.1) is 0 Å². The van der Waals surface area contributed by atoms with Crippen molar-refractivity contribution in [2.24, 2.45) is 0 Å². The number of rotatable bonds is 7. The summed E-state index contributed by atoms with van der Waals surface area (Å²) in [6.45, 7) is 6.21. The smallest absolute Gasteiger partial charge is 0.415 e. The summed E-state index contributed by atoms with van der Waals surface area (Å²) in [6.07, 6.45) is -0.716. The van der Waals surface area contributed by atoms with E-state index in [0.29, 0.717) is 31.0 Å². The van der Waals surface area contributed by atoms with E-state index in [9.17, 15) is 19.5 Å². The van der Waals surface area contributed by atoms with Gasteiger partial charge in [-0.25, -0.2) is 14.4 Å². The lowest BCUT2D eigenvalue weighted by Gasteiger charge is -2.31. The number of ether oxygens (including phenoxy) is 3. The van der Waals surface area contributed by atoms with E-state index in [0.717, 1.165) is 27.8 Å². The number of carboxylic acid groups (broad SMARTS) is 1. The Hall–Kier alpha value is -4.53. The summed E-state index contributed by atoms with van der Waals surface area (Å²) in [6, 6.07) is 20.3. The molecule has 0 spiro atoms. The highest BCUT2D eigenvalue weighted by atomic mass is 16.6. The van der Waals surface area contributed by atoms with Crippen LogP contribution in [0.2, 0.25) is 0 Å². The van der Waals surface area contributed by atoms with Crippen LogP contribution < -0.4 is 15.0 Å². The number of carbonyl (C=O) groups is 3. The van der Waals surface area contributed by atoms with Gasteiger partial charge in [-0.1, -0.05) is 54.6 Å². The Labute approximate surface area is 239 Å². The molecule has 214 valence electrons. The average molecular weight is 559 g/mol. The first-order chi connectivity index (χ1) is 19.6. The standard InChI is InChI=1S/C32H34N2O7/c1-32(2,3)41-31(38)34-16-17-39-28-18-20(13-15-27(28)34)12-14-26(29(35)36)33-30(37)40-19-25-23-10-6-4-8-21(23)22-9-5-7-11-24(22)25/h4-11,13,15,18,25-26H,12,14,16-17,19H2,1-3H3,(H,33,37)(H,35,36)/t26-/m0/s1. The van der Waals surface area contributed by atoms with Gasteiger partial charge < -0.3 is 24.6 Å². The number of carbonyl (C=O) groups excluding carboxylic acids is 2. The van der Waals surface area contributed by atoms with E-state index in [1.807, 2.05) is 63.2 Å². The molecule has 1 heterocycles. The molecule has 1 aliphatic carbocycles. The first kappa shape index (κ1) is 28.0. The number of benzene rings is 3. The van der Waals surface area contributed by atoms with E-state index in [1.165, 1.54) is 4.90 Å². The number of anilines is 1. The molecule has 3 aromatic carbocycles. The van der Waals surface area contributed by atoms with Crippen LogP contribution in [0.4, 0.5) is 15.3 Å². The van der Waals surface area contributed by atoms with Gasteiger partial charge in [-0.3, -0.25) is 4.90 Å². The Bertz CT molecular complexity index is 1420. The second kappa shape index (κ2) is 11.5. The number of carboxylic acids is 1. The number of nitrogens with one attached hydrogen (secondary N) is 1. The van der Waals surface area contributed by atoms with Crippen LogP contribution in [0.1, 0.15) is 49.8 Å². The monoisotopic (exact) mass is 558 g/mol. The van der Waals surface area contributed by atoms with Gasteiger partial charge in [-0.2, -0.15) is 0 Å². The van der Waals surface area contributed by atoms with Crippen molar-refractivity contribution in [3.8, 4) is 16.9 Å². The number of hydrogen-bond donors (Lipinski definition) is 2. The number of amides is 2. The van der Waals surface area contributed by atoms with Gasteiger partial charge in [0.25, 0.3) is 0 Å². The molecule has 5 rings (SSSR count). The van der Waals surface area contributed by atoms with Gasteiger partial charge in [0.2, 0.25) is 0 Å². The molecule has 2 N–H and O–H groups in total. The minimum absolute atomic E-state index is 0.0997. The Morgan fingerprint density at radius 1 is 1.02 bits per heavy atom. The van der Waals surface area contributed by atoms with Crippen molar-refractivity contribution in [1.29, 1.82) is 0 Å². The summed E-state index contributed by atoms with van der Waals surface area (Å²) < 4.78 is 16.8. The molecule has 9 nitrogen and oxygen atoms in total. The molecule has 2 amide bonds. The zero-order valence-corrected chi connectivity index (χ0v) is 23.4. The molecule has 1 atom stereocenters. The third kappa shape index (κ3) is 6.29. The first-order valence-electron chi connectivity index (χ1n) is 13.7. The number of hydrogen-bond acceptors (Lipinski definition) is 6. The largest absolute Gasteiger partial charge is 0.490 e. The summed E-state index contributed by atoms with van der Waals surface area (Å²) in [5, 5.41) is 12.3. The molecule has 41 heavy (non-hydrogen) atoms. The van der Waals surface area contributed by atoms with E-state index in [-0.39, 0.29) is 18.9 Å². The highest BCUT2D eigenvalue weighted by Gasteiger charge is 2.31. The van der Waals surface area contributed by atoms with E-state index >= 15 is 0 Å². The average Bonchev–Trinajstić information content (AvgIpc) is 3.26. The molecule has 2 aliphatic rings. The number of aliphatic carboxylic acids is 1. The van der Waals surface area contributed by atoms with Crippen LogP contribution in [0, 0.1) is 0 Å². The predicted octanol–water partition coefficient (Wildman–Crippen LogP) is 5.75. The van der Waals surface area contributed by atoms with Gasteiger partial charge in [0.1, 0.15) is 30.6 Å². The Morgan fingerprint density at radius 3 is 2.32 bits per heavy atom. The van der Waals surface area contributed by atoms with Crippen molar-refractivity contribution in [2.75, 3.05) is 24.7 Å². The summed E-state index contributed by atoms with van der Waals surface area (Å²) in [4.78, 5) is 38.8. The van der Waals surface area contributed by atoms with E-state index < -0.39 is 29.8 Å². The Balaban J connectivity index is 1.19. The maximum absolute atomic E-state index is 12.7. The third-order valence-corrected chi connectivity index (χ3v) is 7.16. The van der Waals surface area contributed by atoms with Crippen LogP contribution in [0.25, 0.3) is 11.1 Å². The molecule has 3 aromatic rings. The van der Waals surface area contributed by atoms with Crippen molar-refractivity contribution in [3.05, 3.63) is 83.4 Å². The van der Waals surface area contributed by atoms with Crippen LogP contribution in [0.15, 0.2) is 66.7 Å². The number of aryl methyl sites for hydroxylation is 1. The van der Waals surface area contributed by atoms with Crippen LogP contribution >= 0.6 is 0 Å². The van der Waals surface area contributed by atoms with E-state index in [2.05, 4.69) is 17.4 Å². The minimum Gasteiger partial charge on any atom is -0.490 e. The molecule has 0 bridgehead atoms. The normalized spacial score (nSPS) is 14.7. The molecule has 0 saturated heterocycles. The zero-order chi connectivity index (χ0) is 29.1. The quantitative estimate of drug-likeness (QED) is 0.380. The highest BCUT2D eigenvalue weighted by molar-refractivity contribution is 5.90. The second-order valence-electron chi connectivity index (χ2n) is 11.2. The molecule has 1 aliphatic heterocycles. The number of fused-ring (bicyclic) bond motifs is 4. The van der Waals surface area contributed by atoms with E-state index in [1.54, 1.807) is 12.1 Å². The molecule has 0 radical (unpaired) electrons. The van der Waals surface area contributed by atoms with Crippen molar-refractivity contribution < 1.29 is 33.7 Å². The van der Waals surface area contributed by atoms with Crippen LogP contribution in [-0.2, 0) is 20.7 Å². The fourth-order valence-corrected chi connectivity index (χ4v) is 5.28. The Morgan fingerprint density at radius 2 is 1.68 bits per heavy atom. The highest BCUT2D eigenvalue weighted by Crippen LogP contribution is 2.44. The first-order valence-corrected chi connectivity index (χ1v) is 13.7. The van der Waals surface area contributed by atoms with Crippen LogP contribution in [0.5, 0.6) is 5.75 Å². The van der Waals surface area contributed by atoms with Gasteiger partial charge in [-0.05, 0) is 73.6 Å². The Kier molecular flexibility index (Phi) is 7.88. The molecular formula is C32H34N2O7. The topological polar surface area (TPSA) is 114 Å². The summed E-state index contributed by atoms with van der Waals surface area (Å²) >= 11 is 0. The lowest BCUT2D eigenvalue weighted by Crippen LogP contribution is -2.42. The summed E-state index contributed by atoms with van der Waals surface area (Å²) in [7, 11) is 0. The molecule has 9 heteroatoms. The van der Waals surface area contributed by atoms with Crippen LogP contribution in [-0.4, -0.2) is 54.7 Å². The summed E-state index contributed by atoms with van der Waals surface area (Å²) in [5.74, 6) is -0.744. The van der Waals surface area contributed by atoms with Crippen molar-refractivity contribution in [1.82, 2.24) is 5.32 Å².